The van der Waals surface area contributed by atoms with Gasteiger partial charge in [0, 0.05) is 159 Å². The Hall–Kier alpha value is 5.27. The van der Waals surface area contributed by atoms with Gasteiger partial charge in [0.2, 0.25) is 0 Å². The summed E-state index contributed by atoms with van der Waals surface area (Å²) in [6, 6.07) is 0. The van der Waals surface area contributed by atoms with Crippen LogP contribution in [0.5, 0.6) is 0 Å². The van der Waals surface area contributed by atoms with Crippen molar-refractivity contribution >= 4 is 0 Å². The summed E-state index contributed by atoms with van der Waals surface area (Å²) < 4.78 is 0. The molecule has 0 aliphatic carbocycles. The van der Waals surface area contributed by atoms with Gasteiger partial charge in [-0.2, -0.15) is 0 Å². The Kier molecular flexibility index (Phi) is 89.8. The molecule has 0 aromatic carbocycles. The molecule has 0 saturated carbocycles. The monoisotopic (exact) mass is 572 g/mol. The van der Waals surface area contributed by atoms with Crippen LogP contribution >= 0.6 is 0 Å². The van der Waals surface area contributed by atoms with Crippen molar-refractivity contribution in [2.45, 2.75) is 0 Å². The zero-order valence-corrected chi connectivity index (χ0v) is 15.2. The van der Waals surface area contributed by atoms with Crippen LogP contribution in [0.3, 0.4) is 0 Å². The Bertz CT molecular complexity index is 8.00. The van der Waals surface area contributed by atoms with E-state index in [0.717, 1.165) is 0 Å². The third kappa shape index (κ3) is 10.3. The molecule has 0 N–H and O–H groups in total. The van der Waals surface area contributed by atoms with E-state index in [1.54, 1.807) is 0 Å². The Labute approximate surface area is 153 Å². The first kappa shape index (κ1) is 22.8. The Morgan fingerprint density at radius 1 is 1.00 bits per heavy atom. The van der Waals surface area contributed by atoms with Gasteiger partial charge in [-0.1, -0.05) is 0 Å². The fraction of sp³-hybridized carbons (Fsp3) is 0. The van der Waals surface area contributed by atoms with Crippen molar-refractivity contribution in [3.63, 3.8) is 0 Å². The van der Waals surface area contributed by atoms with Crippen molar-refractivity contribution in [1.82, 2.24) is 0 Å². The molecule has 0 aromatic heterocycles. The van der Waals surface area contributed by atoms with Gasteiger partial charge in [0.25, 0.3) is 0 Å². The van der Waals surface area contributed by atoms with Gasteiger partial charge in [0.15, 0.2) is 0 Å². The molecule has 4 heteroatoms. The van der Waals surface area contributed by atoms with E-state index in [0.29, 0.717) is 0 Å². The molecule has 0 aliphatic heterocycles. The third-order valence-corrected chi connectivity index (χ3v) is 0. The van der Waals surface area contributed by atoms with Crippen molar-refractivity contribution in [3.8, 4) is 0 Å². The Morgan fingerprint density at radius 3 is 1.00 bits per heavy atom. The van der Waals surface area contributed by atoms with E-state index in [1.165, 1.54) is 0 Å². The molecule has 0 unspecified atom stereocenters. The van der Waals surface area contributed by atoms with Gasteiger partial charge in [-0.05, 0) is 0 Å². The van der Waals surface area contributed by atoms with Crippen LogP contribution in [0.4, 0.5) is 0 Å². The smallest absolute Gasteiger partial charge is 0 e. The second-order valence-corrected chi connectivity index (χ2v) is 0. The Balaban J connectivity index is 0. The normalized spacial score (nSPS) is 0. The molecular weight excluding hydrogens is 570 g/mol. The molecule has 0 fully saturated rings. The molecular formula is CeLaPrSm. The average Bonchev–Trinajstić information content (AvgIpc) is 0. The van der Waals surface area contributed by atoms with Gasteiger partial charge in [-0.3, -0.25) is 0 Å². The summed E-state index contributed by atoms with van der Waals surface area (Å²) in [6.07, 6.45) is 0. The van der Waals surface area contributed by atoms with Crippen molar-refractivity contribution in [2.24, 2.45) is 0 Å². The predicted octanol–water partition coefficient (Wildman–Crippen LogP) is 0. The van der Waals surface area contributed by atoms with E-state index in [2.05, 4.69) is 0 Å². The van der Waals surface area contributed by atoms with Crippen LogP contribution in [-0.2, 0) is 0 Å². The zero-order valence-electron chi connectivity index (χ0n) is 2.06. The minimum atomic E-state index is 0. The minimum absolute atomic E-state index is 0. The molecule has 4 heavy (non-hydrogen) atoms. The number of hydrogen-bond donors (Lipinski definition) is 0. The minimum Gasteiger partial charge on any atom is 0 e. The maximum Gasteiger partial charge on any atom is 0 e. The summed E-state index contributed by atoms with van der Waals surface area (Å²) in [6.45, 7) is 0. The average molecular weight is 570 g/mol. The van der Waals surface area contributed by atoms with E-state index in [9.17, 15) is 0 Å². The molecule has 0 bridgehead atoms. The molecule has 0 atom stereocenters. The number of hydrogen-bond acceptors (Lipinski definition) is 0. The van der Waals surface area contributed by atoms with E-state index in [1.807, 2.05) is 0 Å². The molecule has 2 radical (unpaired) electrons. The van der Waals surface area contributed by atoms with Gasteiger partial charge < -0.3 is 0 Å². The van der Waals surface area contributed by atoms with Crippen LogP contribution < -0.4 is 0 Å². The third-order valence-electron chi connectivity index (χ3n) is 0. The van der Waals surface area contributed by atoms with Gasteiger partial charge in [-0.15, -0.1) is 0 Å². The van der Waals surface area contributed by atoms with Crippen LogP contribution in [0.25, 0.3) is 0 Å². The predicted molar refractivity (Wildman–Crippen MR) is 0 cm³/mol. The van der Waals surface area contributed by atoms with E-state index >= 15 is 0 Å². The maximum absolute atomic E-state index is 0. The van der Waals surface area contributed by atoms with Gasteiger partial charge in [0.05, 0.1) is 0 Å². The molecule has 0 amide bonds. The van der Waals surface area contributed by atoms with Gasteiger partial charge in [0.1, 0.15) is 0 Å². The van der Waals surface area contributed by atoms with Gasteiger partial charge in [-0.25, -0.2) is 0 Å². The largest absolute Gasteiger partial charge is 0 e. The summed E-state index contributed by atoms with van der Waals surface area (Å²) in [4.78, 5) is 0. The second-order valence-electron chi connectivity index (χ2n) is 0. The summed E-state index contributed by atoms with van der Waals surface area (Å²) in [5, 5.41) is 0. The quantitative estimate of drug-likeness (QED) is 0.385. The summed E-state index contributed by atoms with van der Waals surface area (Å²) in [7, 11) is 0. The molecule has 0 saturated heterocycles. The van der Waals surface area contributed by atoms with Crippen molar-refractivity contribution < 1.29 is 159 Å². The summed E-state index contributed by atoms with van der Waals surface area (Å²) in [5.74, 6) is 0. The topological polar surface area (TPSA) is 0 Å². The molecule has 0 aromatic rings. The molecule has 0 spiro atoms. The van der Waals surface area contributed by atoms with Crippen LogP contribution in [0.15, 0.2) is 0 Å². The number of rotatable bonds is 0. The van der Waals surface area contributed by atoms with Crippen LogP contribution in [0.1, 0.15) is 0 Å². The molecule has 0 heterocycles. The first-order valence-corrected chi connectivity index (χ1v) is 0. The SMILES string of the molecule is [Ce].[La].[Pr].[Sm]. The summed E-state index contributed by atoms with van der Waals surface area (Å²) in [5.41, 5.74) is 0. The fourth-order valence-corrected chi connectivity index (χ4v) is 0. The molecule has 0 rings (SSSR count). The summed E-state index contributed by atoms with van der Waals surface area (Å²) >= 11 is 0. The van der Waals surface area contributed by atoms with Crippen LogP contribution in [-0.4, -0.2) is 0 Å². The molecule has 0 aliphatic rings. The van der Waals surface area contributed by atoms with Gasteiger partial charge >= 0.3 is 0 Å². The van der Waals surface area contributed by atoms with Crippen molar-refractivity contribution in [2.75, 3.05) is 0 Å². The van der Waals surface area contributed by atoms with E-state index in [4.69, 9.17) is 0 Å². The molecule has 0 nitrogen and oxygen atoms in total. The maximum atomic E-state index is 0. The molecule has 16 valence electrons. The zero-order chi connectivity index (χ0) is 0. The van der Waals surface area contributed by atoms with Crippen molar-refractivity contribution in [3.05, 3.63) is 0 Å². The van der Waals surface area contributed by atoms with Crippen LogP contribution in [0.2, 0.25) is 0 Å². The van der Waals surface area contributed by atoms with Crippen LogP contribution in [0, 0.1) is 159 Å². The Morgan fingerprint density at radius 2 is 1.00 bits per heavy atom. The fourth-order valence-electron chi connectivity index (χ4n) is 0. The van der Waals surface area contributed by atoms with E-state index in [-0.39, 0.29) is 159 Å². The first-order valence-electron chi connectivity index (χ1n) is 0. The first-order chi connectivity index (χ1) is 0. The standard InChI is InChI=1S/Ce.La.Pr.Sm. The second kappa shape index (κ2) is 15.7. The van der Waals surface area contributed by atoms with E-state index < -0.39 is 0 Å². The van der Waals surface area contributed by atoms with Crippen molar-refractivity contribution in [1.29, 1.82) is 0 Å².